The Kier molecular flexibility index (Phi) is 8.21. The number of aromatic nitrogens is 4. The molecule has 0 bridgehead atoms. The van der Waals surface area contributed by atoms with Crippen molar-refractivity contribution in [1.82, 2.24) is 24.6 Å². The zero-order valence-electron chi connectivity index (χ0n) is 26.8. The number of halogens is 3. The van der Waals surface area contributed by atoms with Crippen molar-refractivity contribution in [2.45, 2.75) is 64.9 Å². The molecule has 0 N–H and O–H groups in total. The van der Waals surface area contributed by atoms with Crippen LogP contribution in [-0.4, -0.2) is 69.1 Å². The van der Waals surface area contributed by atoms with Crippen molar-refractivity contribution in [1.29, 1.82) is 0 Å². The summed E-state index contributed by atoms with van der Waals surface area (Å²) in [5.74, 6) is 0.440. The standard InChI is InChI=1S/C34H37Cl2FN6O4/c1-20(29-24(35)14-38-15-25(29)36)46-22-8-9-27-23(12-22)30(40-43(27)28-7-5-6-10-45-28)21-11-26(37)31(39-13-21)41-16-34(17-41)18-42(19-34)32(44)47-33(2,3)4/h8-9,11-15,20,28H,5-7,10,16-19H2,1-4H3/t20-,28?/m1/s1. The largest absolute Gasteiger partial charge is 0.486 e. The van der Waals surface area contributed by atoms with E-state index in [9.17, 15) is 4.79 Å². The third kappa shape index (κ3) is 6.21. The van der Waals surface area contributed by atoms with Crippen LogP contribution in [0.4, 0.5) is 15.0 Å². The topological polar surface area (TPSA) is 94.8 Å². The number of hydrogen-bond acceptors (Lipinski definition) is 8. The monoisotopic (exact) mass is 682 g/mol. The van der Waals surface area contributed by atoms with Gasteiger partial charge in [0.25, 0.3) is 0 Å². The fourth-order valence-corrected chi connectivity index (χ4v) is 7.41. The van der Waals surface area contributed by atoms with Crippen LogP contribution in [0.5, 0.6) is 5.75 Å². The molecule has 1 amide bonds. The summed E-state index contributed by atoms with van der Waals surface area (Å²) in [6, 6.07) is 7.20. The Morgan fingerprint density at radius 2 is 1.83 bits per heavy atom. The predicted octanol–water partition coefficient (Wildman–Crippen LogP) is 7.84. The Labute approximate surface area is 282 Å². The molecule has 1 spiro atoms. The third-order valence-corrected chi connectivity index (χ3v) is 9.47. The molecule has 1 unspecified atom stereocenters. The highest BCUT2D eigenvalue weighted by Gasteiger charge is 2.54. The molecule has 47 heavy (non-hydrogen) atoms. The minimum Gasteiger partial charge on any atom is -0.486 e. The van der Waals surface area contributed by atoms with Gasteiger partial charge in [-0.3, -0.25) is 4.98 Å². The third-order valence-electron chi connectivity index (χ3n) is 8.87. The average Bonchev–Trinajstić information content (AvgIpc) is 3.35. The number of amides is 1. The number of likely N-dealkylation sites (tertiary alicyclic amines) is 1. The molecule has 3 aliphatic heterocycles. The highest BCUT2D eigenvalue weighted by molar-refractivity contribution is 6.35. The lowest BCUT2D eigenvalue weighted by molar-refractivity contribution is -0.0456. The number of fused-ring (bicyclic) bond motifs is 1. The number of benzene rings is 1. The number of pyridine rings is 2. The van der Waals surface area contributed by atoms with Gasteiger partial charge in [0, 0.05) is 73.3 Å². The zero-order valence-corrected chi connectivity index (χ0v) is 28.3. The highest BCUT2D eigenvalue weighted by atomic mass is 35.5. The molecule has 7 rings (SSSR count). The van der Waals surface area contributed by atoms with E-state index in [1.165, 1.54) is 18.5 Å². The second-order valence-corrected chi connectivity index (χ2v) is 14.6. The molecule has 3 aromatic heterocycles. The summed E-state index contributed by atoms with van der Waals surface area (Å²) in [7, 11) is 0. The quantitative estimate of drug-likeness (QED) is 0.203. The van der Waals surface area contributed by atoms with Gasteiger partial charge < -0.3 is 24.0 Å². The van der Waals surface area contributed by atoms with Crippen molar-refractivity contribution < 1.29 is 23.4 Å². The minimum atomic E-state index is -0.541. The van der Waals surface area contributed by atoms with Gasteiger partial charge in [0.2, 0.25) is 0 Å². The first-order valence-corrected chi connectivity index (χ1v) is 16.6. The van der Waals surface area contributed by atoms with E-state index in [2.05, 4.69) is 9.97 Å². The van der Waals surface area contributed by atoms with Gasteiger partial charge in [0.15, 0.2) is 17.9 Å². The summed E-state index contributed by atoms with van der Waals surface area (Å²) in [6.45, 7) is 10.5. The fraction of sp³-hybridized carbons (Fsp3) is 0.471. The van der Waals surface area contributed by atoms with Crippen LogP contribution in [0.15, 0.2) is 42.9 Å². The normalized spacial score (nSPS) is 19.8. The molecular formula is C34H37Cl2FN6O4. The van der Waals surface area contributed by atoms with Gasteiger partial charge in [-0.25, -0.2) is 18.9 Å². The van der Waals surface area contributed by atoms with Gasteiger partial charge in [-0.05, 0) is 71.2 Å². The molecular weight excluding hydrogens is 646 g/mol. The van der Waals surface area contributed by atoms with Gasteiger partial charge in [-0.1, -0.05) is 23.2 Å². The van der Waals surface area contributed by atoms with Crippen LogP contribution >= 0.6 is 23.2 Å². The fourth-order valence-electron chi connectivity index (χ4n) is 6.74. The molecule has 2 atom stereocenters. The van der Waals surface area contributed by atoms with Crippen LogP contribution in [0.2, 0.25) is 10.0 Å². The van der Waals surface area contributed by atoms with Crippen LogP contribution < -0.4 is 9.64 Å². The van der Waals surface area contributed by atoms with E-state index < -0.39 is 17.5 Å². The Balaban J connectivity index is 1.13. The van der Waals surface area contributed by atoms with Crippen molar-refractivity contribution in [3.8, 4) is 17.0 Å². The van der Waals surface area contributed by atoms with E-state index in [-0.39, 0.29) is 17.7 Å². The number of ether oxygens (including phenoxy) is 3. The van der Waals surface area contributed by atoms with Crippen molar-refractivity contribution in [2.24, 2.45) is 5.41 Å². The Morgan fingerprint density at radius 3 is 2.49 bits per heavy atom. The molecule has 3 fully saturated rings. The van der Waals surface area contributed by atoms with Gasteiger partial charge in [-0.2, -0.15) is 5.10 Å². The number of nitrogens with zero attached hydrogens (tertiary/aromatic N) is 6. The number of carbonyl (C=O) groups is 1. The molecule has 3 saturated heterocycles. The van der Waals surface area contributed by atoms with Crippen molar-refractivity contribution in [2.75, 3.05) is 37.7 Å². The van der Waals surface area contributed by atoms with Gasteiger partial charge in [0.05, 0.1) is 15.6 Å². The van der Waals surface area contributed by atoms with E-state index in [0.717, 1.165) is 30.2 Å². The van der Waals surface area contributed by atoms with Crippen LogP contribution in [0.25, 0.3) is 22.2 Å². The molecule has 4 aromatic rings. The smallest absolute Gasteiger partial charge is 0.410 e. The first-order valence-electron chi connectivity index (χ1n) is 15.9. The van der Waals surface area contributed by atoms with E-state index in [1.54, 1.807) is 11.1 Å². The van der Waals surface area contributed by atoms with Crippen LogP contribution in [0, 0.1) is 11.2 Å². The zero-order chi connectivity index (χ0) is 33.1. The van der Waals surface area contributed by atoms with E-state index >= 15 is 4.39 Å². The van der Waals surface area contributed by atoms with Crippen LogP contribution in [0.3, 0.4) is 0 Å². The lowest BCUT2D eigenvalue weighted by Crippen LogP contribution is -2.73. The summed E-state index contributed by atoms with van der Waals surface area (Å²) in [5.41, 5.74) is 2.02. The van der Waals surface area contributed by atoms with Crippen molar-refractivity contribution in [3.63, 3.8) is 0 Å². The highest BCUT2D eigenvalue weighted by Crippen LogP contribution is 2.43. The predicted molar refractivity (Wildman–Crippen MR) is 178 cm³/mol. The number of rotatable bonds is 6. The molecule has 248 valence electrons. The average molecular weight is 684 g/mol. The Morgan fingerprint density at radius 1 is 1.09 bits per heavy atom. The molecule has 0 saturated carbocycles. The van der Waals surface area contributed by atoms with Gasteiger partial charge in [0.1, 0.15) is 23.1 Å². The van der Waals surface area contributed by atoms with Crippen molar-refractivity contribution in [3.05, 3.63) is 64.3 Å². The van der Waals surface area contributed by atoms with Gasteiger partial charge in [-0.15, -0.1) is 0 Å². The maximum Gasteiger partial charge on any atom is 0.410 e. The summed E-state index contributed by atoms with van der Waals surface area (Å²) in [6.07, 6.45) is 6.61. The van der Waals surface area contributed by atoms with E-state index in [4.69, 9.17) is 42.5 Å². The Hall–Kier alpha value is -3.67. The minimum absolute atomic E-state index is 0.0586. The Bertz CT molecular complexity index is 1810. The maximum absolute atomic E-state index is 15.7. The second-order valence-electron chi connectivity index (χ2n) is 13.8. The molecule has 10 nitrogen and oxygen atoms in total. The number of hydrogen-bond donors (Lipinski definition) is 0. The lowest BCUT2D eigenvalue weighted by atomic mass is 9.73. The first kappa shape index (κ1) is 31.9. The van der Waals surface area contributed by atoms with Crippen LogP contribution in [-0.2, 0) is 9.47 Å². The molecule has 6 heterocycles. The molecule has 13 heteroatoms. The molecule has 0 radical (unpaired) electrons. The van der Waals surface area contributed by atoms with Crippen LogP contribution in [0.1, 0.15) is 64.9 Å². The summed E-state index contributed by atoms with van der Waals surface area (Å²) in [4.78, 5) is 24.6. The summed E-state index contributed by atoms with van der Waals surface area (Å²) >= 11 is 12.8. The summed E-state index contributed by atoms with van der Waals surface area (Å²) in [5, 5.41) is 6.57. The molecule has 0 aliphatic carbocycles. The number of anilines is 1. The number of carbonyl (C=O) groups excluding carboxylic acids is 1. The SMILES string of the molecule is C[C@@H](Oc1ccc2c(c1)c(-c1cnc(N3CC4(CN(C(=O)OC(C)(C)C)C4)C3)c(F)c1)nn2C1CCCCO1)c1c(Cl)cncc1Cl. The second kappa shape index (κ2) is 12.1. The molecule has 1 aromatic carbocycles. The van der Waals surface area contributed by atoms with Gasteiger partial charge >= 0.3 is 6.09 Å². The van der Waals surface area contributed by atoms with E-state index in [0.29, 0.717) is 71.2 Å². The van der Waals surface area contributed by atoms with E-state index in [1.807, 2.05) is 55.5 Å². The summed E-state index contributed by atoms with van der Waals surface area (Å²) < 4.78 is 35.5. The van der Waals surface area contributed by atoms with Crippen molar-refractivity contribution >= 4 is 46.0 Å². The molecule has 3 aliphatic rings. The lowest BCUT2D eigenvalue weighted by Gasteiger charge is -2.60. The first-order chi connectivity index (χ1) is 22.4. The maximum atomic E-state index is 15.7.